The molecule has 0 radical (unpaired) electrons. The lowest BCUT2D eigenvalue weighted by atomic mass is 9.96. The number of para-hydroxylation sites is 1. The quantitative estimate of drug-likeness (QED) is 0.410. The fraction of sp³-hybridized carbons (Fsp3) is 0.280. The standard InChI is InChI=1S/C25H27NO/c1-17(2)27-14-13-19-15-22(20-10-6-5-7-11-20)24-21-12-8-9-18(3)25(21)26(4)23(24)16-19/h5-12,15-17H,13-14H2,1-4H3. The highest BCUT2D eigenvalue weighted by Gasteiger charge is 2.16. The van der Waals surface area contributed by atoms with Crippen molar-refractivity contribution in [2.24, 2.45) is 7.05 Å². The summed E-state index contributed by atoms with van der Waals surface area (Å²) in [6, 6.07) is 22.0. The van der Waals surface area contributed by atoms with Gasteiger partial charge in [-0.15, -0.1) is 0 Å². The Morgan fingerprint density at radius 1 is 0.963 bits per heavy atom. The summed E-state index contributed by atoms with van der Waals surface area (Å²) in [6.07, 6.45) is 1.19. The summed E-state index contributed by atoms with van der Waals surface area (Å²) < 4.78 is 8.15. The van der Waals surface area contributed by atoms with E-state index < -0.39 is 0 Å². The molecule has 0 atom stereocenters. The lowest BCUT2D eigenvalue weighted by Gasteiger charge is -2.11. The number of hydrogen-bond acceptors (Lipinski definition) is 1. The van der Waals surface area contributed by atoms with Gasteiger partial charge in [0.2, 0.25) is 0 Å². The molecule has 2 nitrogen and oxygen atoms in total. The minimum Gasteiger partial charge on any atom is -0.378 e. The van der Waals surface area contributed by atoms with Gasteiger partial charge in [0.15, 0.2) is 0 Å². The van der Waals surface area contributed by atoms with Crippen LogP contribution in [0.1, 0.15) is 25.0 Å². The van der Waals surface area contributed by atoms with Crippen LogP contribution in [0, 0.1) is 6.92 Å². The highest BCUT2D eigenvalue weighted by Crippen LogP contribution is 2.38. The van der Waals surface area contributed by atoms with Crippen LogP contribution in [0.25, 0.3) is 32.9 Å². The zero-order chi connectivity index (χ0) is 19.0. The van der Waals surface area contributed by atoms with E-state index in [-0.39, 0.29) is 6.10 Å². The van der Waals surface area contributed by atoms with Gasteiger partial charge in [-0.1, -0.05) is 54.6 Å². The van der Waals surface area contributed by atoms with Crippen LogP contribution in [-0.4, -0.2) is 17.3 Å². The predicted molar refractivity (Wildman–Crippen MR) is 115 cm³/mol. The molecule has 0 saturated carbocycles. The molecule has 0 aliphatic carbocycles. The highest BCUT2D eigenvalue weighted by atomic mass is 16.5. The Hall–Kier alpha value is -2.58. The Morgan fingerprint density at radius 3 is 2.48 bits per heavy atom. The van der Waals surface area contributed by atoms with Crippen LogP contribution in [-0.2, 0) is 18.2 Å². The lowest BCUT2D eigenvalue weighted by molar-refractivity contribution is 0.0814. The summed E-state index contributed by atoms with van der Waals surface area (Å²) in [6.45, 7) is 7.12. The first-order valence-corrected chi connectivity index (χ1v) is 9.74. The number of aryl methyl sites for hydroxylation is 2. The number of benzene rings is 3. The molecular formula is C25H27NO. The largest absolute Gasteiger partial charge is 0.378 e. The molecule has 0 fully saturated rings. The van der Waals surface area contributed by atoms with Crippen molar-refractivity contribution in [2.45, 2.75) is 33.3 Å². The van der Waals surface area contributed by atoms with Crippen molar-refractivity contribution in [3.05, 3.63) is 71.8 Å². The molecule has 1 aromatic heterocycles. The molecule has 4 rings (SSSR count). The molecule has 0 aliphatic rings. The average molecular weight is 357 g/mol. The Morgan fingerprint density at radius 2 is 1.74 bits per heavy atom. The van der Waals surface area contributed by atoms with Gasteiger partial charge in [0.25, 0.3) is 0 Å². The minimum absolute atomic E-state index is 0.266. The average Bonchev–Trinajstić information content (AvgIpc) is 2.95. The van der Waals surface area contributed by atoms with Crippen molar-refractivity contribution in [3.63, 3.8) is 0 Å². The summed E-state index contributed by atoms with van der Waals surface area (Å²) in [4.78, 5) is 0. The number of nitrogens with zero attached hydrogens (tertiary/aromatic N) is 1. The van der Waals surface area contributed by atoms with Gasteiger partial charge in [0.05, 0.1) is 18.2 Å². The van der Waals surface area contributed by atoms with Gasteiger partial charge in [-0.2, -0.15) is 0 Å². The summed E-state index contributed by atoms with van der Waals surface area (Å²) in [5.74, 6) is 0. The maximum absolute atomic E-state index is 5.80. The SMILES string of the molecule is Cc1cccc2c3c(-c4ccccc4)cc(CCOC(C)C)cc3n(C)c12. The first-order valence-electron chi connectivity index (χ1n) is 9.74. The van der Waals surface area contributed by atoms with Gasteiger partial charge in [0, 0.05) is 23.3 Å². The van der Waals surface area contributed by atoms with Crippen molar-refractivity contribution in [3.8, 4) is 11.1 Å². The maximum atomic E-state index is 5.80. The van der Waals surface area contributed by atoms with Gasteiger partial charge >= 0.3 is 0 Å². The first kappa shape index (κ1) is 17.8. The molecule has 1 heterocycles. The molecule has 0 unspecified atom stereocenters. The summed E-state index contributed by atoms with van der Waals surface area (Å²) in [7, 11) is 2.18. The van der Waals surface area contributed by atoms with E-state index in [9.17, 15) is 0 Å². The Kier molecular flexibility index (Phi) is 4.75. The van der Waals surface area contributed by atoms with E-state index in [0.717, 1.165) is 13.0 Å². The van der Waals surface area contributed by atoms with E-state index in [4.69, 9.17) is 4.74 Å². The van der Waals surface area contributed by atoms with Crippen molar-refractivity contribution in [1.29, 1.82) is 0 Å². The Labute approximate surface area is 161 Å². The Bertz CT molecular complexity index is 1090. The van der Waals surface area contributed by atoms with Crippen LogP contribution in [0.5, 0.6) is 0 Å². The molecule has 0 amide bonds. The van der Waals surface area contributed by atoms with Crippen LogP contribution >= 0.6 is 0 Å². The van der Waals surface area contributed by atoms with Gasteiger partial charge in [-0.3, -0.25) is 0 Å². The number of fused-ring (bicyclic) bond motifs is 3. The molecule has 0 bridgehead atoms. The smallest absolute Gasteiger partial charge is 0.0519 e. The van der Waals surface area contributed by atoms with Crippen molar-refractivity contribution in [1.82, 2.24) is 4.57 Å². The summed E-state index contributed by atoms with van der Waals surface area (Å²) in [5.41, 5.74) is 7.83. The second kappa shape index (κ2) is 7.21. The molecular weight excluding hydrogens is 330 g/mol. The van der Waals surface area contributed by atoms with Crippen molar-refractivity contribution < 1.29 is 4.74 Å². The second-order valence-corrected chi connectivity index (χ2v) is 7.60. The lowest BCUT2D eigenvalue weighted by Crippen LogP contribution is -2.06. The molecule has 2 heteroatoms. The predicted octanol–water partition coefficient (Wildman–Crippen LogP) is 6.27. The topological polar surface area (TPSA) is 14.2 Å². The fourth-order valence-corrected chi connectivity index (χ4v) is 4.06. The first-order chi connectivity index (χ1) is 13.1. The van der Waals surface area contributed by atoms with E-state index in [0.29, 0.717) is 0 Å². The number of aromatic nitrogens is 1. The van der Waals surface area contributed by atoms with Crippen molar-refractivity contribution >= 4 is 21.8 Å². The normalized spacial score (nSPS) is 11.7. The van der Waals surface area contributed by atoms with Crippen LogP contribution in [0.3, 0.4) is 0 Å². The van der Waals surface area contributed by atoms with E-state index in [1.165, 1.54) is 44.1 Å². The van der Waals surface area contributed by atoms with Gasteiger partial charge < -0.3 is 9.30 Å². The number of hydrogen-bond donors (Lipinski definition) is 0. The van der Waals surface area contributed by atoms with Gasteiger partial charge in [0.1, 0.15) is 0 Å². The van der Waals surface area contributed by atoms with Crippen LogP contribution in [0.4, 0.5) is 0 Å². The third kappa shape index (κ3) is 3.26. The number of rotatable bonds is 5. The number of ether oxygens (including phenoxy) is 1. The van der Waals surface area contributed by atoms with Crippen molar-refractivity contribution in [2.75, 3.05) is 6.61 Å². The third-order valence-corrected chi connectivity index (χ3v) is 5.31. The van der Waals surface area contributed by atoms with Gasteiger partial charge in [-0.25, -0.2) is 0 Å². The maximum Gasteiger partial charge on any atom is 0.0519 e. The summed E-state index contributed by atoms with van der Waals surface area (Å²) in [5, 5.41) is 2.67. The van der Waals surface area contributed by atoms with Crippen LogP contribution in [0.15, 0.2) is 60.7 Å². The summed E-state index contributed by atoms with van der Waals surface area (Å²) >= 11 is 0. The second-order valence-electron chi connectivity index (χ2n) is 7.60. The van der Waals surface area contributed by atoms with Crippen LogP contribution < -0.4 is 0 Å². The molecule has 0 aliphatic heterocycles. The zero-order valence-electron chi connectivity index (χ0n) is 16.6. The van der Waals surface area contributed by atoms with E-state index in [2.05, 4.69) is 93.0 Å². The van der Waals surface area contributed by atoms with E-state index in [1.807, 2.05) is 0 Å². The zero-order valence-corrected chi connectivity index (χ0v) is 16.6. The molecule has 3 aromatic carbocycles. The minimum atomic E-state index is 0.266. The molecule has 27 heavy (non-hydrogen) atoms. The van der Waals surface area contributed by atoms with Gasteiger partial charge in [-0.05, 0) is 55.5 Å². The highest BCUT2D eigenvalue weighted by molar-refractivity contribution is 6.15. The third-order valence-electron chi connectivity index (χ3n) is 5.31. The van der Waals surface area contributed by atoms with E-state index >= 15 is 0 Å². The molecule has 0 saturated heterocycles. The fourth-order valence-electron chi connectivity index (χ4n) is 4.06. The van der Waals surface area contributed by atoms with Crippen LogP contribution in [0.2, 0.25) is 0 Å². The molecule has 0 N–H and O–H groups in total. The molecule has 4 aromatic rings. The molecule has 0 spiro atoms. The monoisotopic (exact) mass is 357 g/mol. The Balaban J connectivity index is 1.97. The molecule has 138 valence electrons. The van der Waals surface area contributed by atoms with E-state index in [1.54, 1.807) is 0 Å².